The Balaban J connectivity index is 1.70. The molecule has 1 aliphatic rings. The quantitative estimate of drug-likeness (QED) is 0.854. The van der Waals surface area contributed by atoms with Gasteiger partial charge < -0.3 is 10.4 Å². The predicted octanol–water partition coefficient (Wildman–Crippen LogP) is 3.00. The summed E-state index contributed by atoms with van der Waals surface area (Å²) in [4.78, 5) is 22.8. The van der Waals surface area contributed by atoms with E-state index in [9.17, 15) is 9.59 Å². The molecule has 1 saturated carbocycles. The molecule has 0 saturated heterocycles. The molecule has 1 aromatic rings. The van der Waals surface area contributed by atoms with Crippen LogP contribution in [0.25, 0.3) is 0 Å². The normalized spacial score (nSPS) is 21.8. The molecule has 1 aromatic carbocycles. The van der Waals surface area contributed by atoms with Crippen LogP contribution in [0.15, 0.2) is 28.7 Å². The standard InChI is InChI=1S/C16H20BrNO3/c17-14-7-3-11(4-8-14)9-15(19)18-10-12-1-5-13(6-2-12)16(20)21/h3-4,7-8,12-13H,1-2,5-6,9-10H2,(H,18,19)(H,20,21). The fourth-order valence-corrected chi connectivity index (χ4v) is 2.99. The van der Waals surface area contributed by atoms with E-state index >= 15 is 0 Å². The highest BCUT2D eigenvalue weighted by molar-refractivity contribution is 9.10. The molecule has 2 rings (SSSR count). The molecule has 1 fully saturated rings. The van der Waals surface area contributed by atoms with Crippen molar-refractivity contribution >= 4 is 27.8 Å². The summed E-state index contributed by atoms with van der Waals surface area (Å²) in [6, 6.07) is 7.72. The third-order valence-corrected chi connectivity index (χ3v) is 4.59. The Labute approximate surface area is 133 Å². The molecule has 0 atom stereocenters. The van der Waals surface area contributed by atoms with Gasteiger partial charge in [0.25, 0.3) is 0 Å². The topological polar surface area (TPSA) is 66.4 Å². The second kappa shape index (κ2) is 7.59. The molecule has 1 amide bonds. The van der Waals surface area contributed by atoms with Crippen LogP contribution in [0.3, 0.4) is 0 Å². The van der Waals surface area contributed by atoms with E-state index in [0.717, 1.165) is 35.7 Å². The molecule has 1 aliphatic carbocycles. The lowest BCUT2D eigenvalue weighted by Crippen LogP contribution is -2.33. The molecule has 4 nitrogen and oxygen atoms in total. The molecule has 0 radical (unpaired) electrons. The number of aliphatic carboxylic acids is 1. The SMILES string of the molecule is O=C(Cc1ccc(Br)cc1)NCC1CCC(C(=O)O)CC1. The Kier molecular flexibility index (Phi) is 5.79. The van der Waals surface area contributed by atoms with E-state index in [-0.39, 0.29) is 11.8 Å². The maximum absolute atomic E-state index is 11.9. The minimum atomic E-state index is -0.687. The van der Waals surface area contributed by atoms with Crippen LogP contribution in [0.4, 0.5) is 0 Å². The van der Waals surface area contributed by atoms with E-state index < -0.39 is 5.97 Å². The van der Waals surface area contributed by atoms with Gasteiger partial charge >= 0.3 is 5.97 Å². The van der Waals surface area contributed by atoms with E-state index in [2.05, 4.69) is 21.2 Å². The van der Waals surface area contributed by atoms with Crippen LogP contribution in [-0.2, 0) is 16.0 Å². The number of amides is 1. The van der Waals surface area contributed by atoms with Gasteiger partial charge in [-0.25, -0.2) is 0 Å². The summed E-state index contributed by atoms with van der Waals surface area (Å²) in [5.41, 5.74) is 0.991. The molecule has 0 aliphatic heterocycles. The molecule has 0 unspecified atom stereocenters. The Bertz CT molecular complexity index is 493. The van der Waals surface area contributed by atoms with Gasteiger partial charge in [-0.3, -0.25) is 9.59 Å². The van der Waals surface area contributed by atoms with Crippen molar-refractivity contribution in [3.05, 3.63) is 34.3 Å². The van der Waals surface area contributed by atoms with E-state index in [0.29, 0.717) is 18.9 Å². The highest BCUT2D eigenvalue weighted by atomic mass is 79.9. The van der Waals surface area contributed by atoms with Crippen LogP contribution >= 0.6 is 15.9 Å². The van der Waals surface area contributed by atoms with Gasteiger partial charge in [-0.05, 0) is 49.3 Å². The molecule has 2 N–H and O–H groups in total. The van der Waals surface area contributed by atoms with Crippen molar-refractivity contribution in [3.8, 4) is 0 Å². The number of carbonyl (C=O) groups is 2. The summed E-state index contributed by atoms with van der Waals surface area (Å²) in [5, 5.41) is 11.9. The largest absolute Gasteiger partial charge is 0.481 e. The van der Waals surface area contributed by atoms with Crippen LogP contribution in [-0.4, -0.2) is 23.5 Å². The average molecular weight is 354 g/mol. The molecule has 0 heterocycles. The van der Waals surface area contributed by atoms with Gasteiger partial charge in [-0.1, -0.05) is 28.1 Å². The Morgan fingerprint density at radius 1 is 1.14 bits per heavy atom. The first-order chi connectivity index (χ1) is 10.0. The molecule has 5 heteroatoms. The maximum atomic E-state index is 11.9. The van der Waals surface area contributed by atoms with E-state index in [1.165, 1.54) is 0 Å². The van der Waals surface area contributed by atoms with Crippen molar-refractivity contribution in [3.63, 3.8) is 0 Å². The van der Waals surface area contributed by atoms with Crippen molar-refractivity contribution in [1.82, 2.24) is 5.32 Å². The summed E-state index contributed by atoms with van der Waals surface area (Å²) < 4.78 is 1.00. The molecular weight excluding hydrogens is 334 g/mol. The minimum Gasteiger partial charge on any atom is -0.481 e. The number of rotatable bonds is 5. The summed E-state index contributed by atoms with van der Waals surface area (Å²) >= 11 is 3.37. The highest BCUT2D eigenvalue weighted by Gasteiger charge is 2.25. The summed E-state index contributed by atoms with van der Waals surface area (Å²) in [6.07, 6.45) is 3.61. The van der Waals surface area contributed by atoms with Crippen molar-refractivity contribution in [2.24, 2.45) is 11.8 Å². The minimum absolute atomic E-state index is 0.0256. The first-order valence-corrected chi connectivity index (χ1v) is 8.08. The Morgan fingerprint density at radius 2 is 1.76 bits per heavy atom. The van der Waals surface area contributed by atoms with Gasteiger partial charge in [0, 0.05) is 11.0 Å². The number of carbonyl (C=O) groups excluding carboxylic acids is 1. The Morgan fingerprint density at radius 3 is 2.33 bits per heavy atom. The number of hydrogen-bond acceptors (Lipinski definition) is 2. The van der Waals surface area contributed by atoms with Gasteiger partial charge in [-0.2, -0.15) is 0 Å². The number of hydrogen-bond donors (Lipinski definition) is 2. The van der Waals surface area contributed by atoms with Crippen molar-refractivity contribution in [2.75, 3.05) is 6.54 Å². The van der Waals surface area contributed by atoms with E-state index in [1.807, 2.05) is 24.3 Å². The van der Waals surface area contributed by atoms with Gasteiger partial charge in [0.1, 0.15) is 0 Å². The monoisotopic (exact) mass is 353 g/mol. The van der Waals surface area contributed by atoms with Crippen LogP contribution in [0.5, 0.6) is 0 Å². The van der Waals surface area contributed by atoms with Crippen LogP contribution in [0.2, 0.25) is 0 Å². The summed E-state index contributed by atoms with van der Waals surface area (Å²) in [6.45, 7) is 0.654. The van der Waals surface area contributed by atoms with Gasteiger partial charge in [0.2, 0.25) is 5.91 Å². The zero-order chi connectivity index (χ0) is 15.2. The highest BCUT2D eigenvalue weighted by Crippen LogP contribution is 2.28. The number of halogens is 1. The lowest BCUT2D eigenvalue weighted by atomic mass is 9.82. The fourth-order valence-electron chi connectivity index (χ4n) is 2.72. The lowest BCUT2D eigenvalue weighted by molar-refractivity contribution is -0.143. The number of carboxylic acid groups (broad SMARTS) is 1. The van der Waals surface area contributed by atoms with Crippen LogP contribution in [0, 0.1) is 11.8 Å². The van der Waals surface area contributed by atoms with Crippen LogP contribution in [0.1, 0.15) is 31.2 Å². The zero-order valence-corrected chi connectivity index (χ0v) is 13.4. The third-order valence-electron chi connectivity index (χ3n) is 4.06. The second-order valence-electron chi connectivity index (χ2n) is 5.66. The van der Waals surface area contributed by atoms with Gasteiger partial charge in [-0.15, -0.1) is 0 Å². The molecule has 21 heavy (non-hydrogen) atoms. The van der Waals surface area contributed by atoms with Crippen molar-refractivity contribution in [2.45, 2.75) is 32.1 Å². The molecule has 0 bridgehead atoms. The first-order valence-electron chi connectivity index (χ1n) is 7.28. The van der Waals surface area contributed by atoms with Gasteiger partial charge in [0.15, 0.2) is 0 Å². The molecular formula is C16H20BrNO3. The zero-order valence-electron chi connectivity index (χ0n) is 11.8. The second-order valence-corrected chi connectivity index (χ2v) is 6.58. The predicted molar refractivity (Wildman–Crippen MR) is 83.9 cm³/mol. The van der Waals surface area contributed by atoms with Crippen LogP contribution < -0.4 is 5.32 Å². The molecule has 0 spiro atoms. The molecule has 0 aromatic heterocycles. The first kappa shape index (κ1) is 16.0. The Hall–Kier alpha value is -1.36. The number of benzene rings is 1. The maximum Gasteiger partial charge on any atom is 0.306 e. The molecule has 114 valence electrons. The summed E-state index contributed by atoms with van der Waals surface area (Å²) in [5.74, 6) is -0.445. The van der Waals surface area contributed by atoms with E-state index in [1.54, 1.807) is 0 Å². The smallest absolute Gasteiger partial charge is 0.306 e. The summed E-state index contributed by atoms with van der Waals surface area (Å²) in [7, 11) is 0. The fraction of sp³-hybridized carbons (Fsp3) is 0.500. The van der Waals surface area contributed by atoms with Crippen molar-refractivity contribution < 1.29 is 14.7 Å². The van der Waals surface area contributed by atoms with Gasteiger partial charge in [0.05, 0.1) is 12.3 Å². The van der Waals surface area contributed by atoms with Crippen molar-refractivity contribution in [1.29, 1.82) is 0 Å². The number of carboxylic acids is 1. The number of nitrogens with one attached hydrogen (secondary N) is 1. The lowest BCUT2D eigenvalue weighted by Gasteiger charge is -2.26. The third kappa shape index (κ3) is 5.16. The average Bonchev–Trinajstić information content (AvgIpc) is 2.48. The van der Waals surface area contributed by atoms with E-state index in [4.69, 9.17) is 5.11 Å².